The molecule has 1 N–H and O–H groups in total. The molecule has 0 radical (unpaired) electrons. The van der Waals surface area contributed by atoms with Gasteiger partial charge in [0.15, 0.2) is 0 Å². The second kappa shape index (κ2) is 20.9. The van der Waals surface area contributed by atoms with Crippen LogP contribution in [0.4, 0.5) is 0 Å². The highest BCUT2D eigenvalue weighted by Crippen LogP contribution is 2.17. The molecule has 2 atom stereocenters. The molecule has 0 saturated heterocycles. The van der Waals surface area contributed by atoms with Crippen LogP contribution in [0.25, 0.3) is 0 Å². The van der Waals surface area contributed by atoms with Gasteiger partial charge in [-0.1, -0.05) is 78.6 Å². The normalized spacial score (nSPS) is 14.2. The molecule has 0 saturated carbocycles. The Morgan fingerprint density at radius 3 is 1.83 bits per heavy atom. The lowest BCUT2D eigenvalue weighted by Crippen LogP contribution is -2.54. The maximum atomic E-state index is 11.0. The van der Waals surface area contributed by atoms with E-state index in [1.54, 1.807) is 0 Å². The number of hydrogen-bond donors (Lipinski definition) is 1. The van der Waals surface area contributed by atoms with Gasteiger partial charge in [-0.2, -0.15) is 0 Å². The molecule has 6 heteroatoms. The summed E-state index contributed by atoms with van der Waals surface area (Å²) in [6, 6.07) is 0. The van der Waals surface area contributed by atoms with Crippen molar-refractivity contribution in [3.8, 4) is 0 Å². The van der Waals surface area contributed by atoms with Gasteiger partial charge in [0.2, 0.25) is 0 Å². The first-order chi connectivity index (χ1) is 14.5. The van der Waals surface area contributed by atoms with Crippen LogP contribution in [-0.4, -0.2) is 61.2 Å². The number of nitrogens with zero attached hydrogens (tertiary/aromatic N) is 1. The first-order valence-electron chi connectivity index (χ1n) is 12.8. The number of hydrogen-bond acceptors (Lipinski definition) is 4. The van der Waals surface area contributed by atoms with Crippen LogP contribution in [0.5, 0.6) is 0 Å². The van der Waals surface area contributed by atoms with Crippen LogP contribution in [0, 0.1) is 0 Å². The second-order valence-corrected chi connectivity index (χ2v) is 10.3. The second-order valence-electron chi connectivity index (χ2n) is 9.08. The Hall–Kier alpha value is 0.0700. The Bertz CT molecular complexity index is 389. The van der Waals surface area contributed by atoms with Crippen molar-refractivity contribution in [1.82, 2.24) is 0 Å². The Morgan fingerprint density at radius 2 is 1.33 bits per heavy atom. The van der Waals surface area contributed by atoms with Gasteiger partial charge in [-0.3, -0.25) is 0 Å². The van der Waals surface area contributed by atoms with Crippen molar-refractivity contribution < 1.29 is 23.8 Å². The predicted molar refractivity (Wildman–Crippen MR) is 127 cm³/mol. The molecule has 0 aliphatic heterocycles. The summed E-state index contributed by atoms with van der Waals surface area (Å²) >= 11 is 0. The van der Waals surface area contributed by atoms with E-state index in [1.165, 1.54) is 57.8 Å². The maximum Gasteiger partial charge on any atom is 0.126 e. The van der Waals surface area contributed by atoms with Crippen LogP contribution >= 0.6 is 8.03 Å². The first kappa shape index (κ1) is 30.1. The summed E-state index contributed by atoms with van der Waals surface area (Å²) in [7, 11) is -2.65. The summed E-state index contributed by atoms with van der Waals surface area (Å²) < 4.78 is 17.5. The third-order valence-corrected chi connectivity index (χ3v) is 6.72. The van der Waals surface area contributed by atoms with Gasteiger partial charge in [0, 0.05) is 21.1 Å². The molecule has 0 aromatic heterocycles. The fourth-order valence-electron chi connectivity index (χ4n) is 4.53. The summed E-state index contributed by atoms with van der Waals surface area (Å²) in [5.41, 5.74) is 0. The molecule has 2 unspecified atom stereocenters. The van der Waals surface area contributed by atoms with E-state index in [2.05, 4.69) is 20.8 Å². The number of quaternary nitrogens is 1. The molecule has 182 valence electrons. The average molecular weight is 450 g/mol. The van der Waals surface area contributed by atoms with Gasteiger partial charge < -0.3 is 23.8 Å². The van der Waals surface area contributed by atoms with Crippen molar-refractivity contribution in [2.45, 2.75) is 110 Å². The molecule has 30 heavy (non-hydrogen) atoms. The molecule has 0 rings (SSSR count). The van der Waals surface area contributed by atoms with Crippen molar-refractivity contribution >= 4 is 8.03 Å². The standard InChI is InChI=1S/C24H52NO4P/c1-4-7-8-9-10-11-12-13-14-15-20-29-23-24(26)22-25(17-5-2,18-6-3)19-16-21-30(27)28/h24,26,30H,4-23H2,1-3H3. The molecule has 0 spiro atoms. The Kier molecular flexibility index (Phi) is 21.0. The van der Waals surface area contributed by atoms with Crippen LogP contribution < -0.4 is 4.89 Å². The Labute approximate surface area is 188 Å². The minimum atomic E-state index is -2.65. The molecular weight excluding hydrogens is 397 g/mol. The monoisotopic (exact) mass is 449 g/mol. The molecular formula is C24H52NO4P. The number of aliphatic hydroxyl groups is 1. The summed E-state index contributed by atoms with van der Waals surface area (Å²) in [6.45, 7) is 11.2. The van der Waals surface area contributed by atoms with Crippen molar-refractivity contribution in [3.63, 3.8) is 0 Å². The van der Waals surface area contributed by atoms with Gasteiger partial charge >= 0.3 is 0 Å². The summed E-state index contributed by atoms with van der Waals surface area (Å²) in [5, 5.41) is 10.6. The SMILES string of the molecule is CCCCCCCCCCCCOCC(O)C[N+](CCC)(CCC)CCC[PH](=O)[O-]. The molecule has 0 fully saturated rings. The van der Waals surface area contributed by atoms with Gasteiger partial charge in [0.05, 0.1) is 26.2 Å². The zero-order chi connectivity index (χ0) is 22.5. The van der Waals surface area contributed by atoms with E-state index in [-0.39, 0.29) is 6.16 Å². The van der Waals surface area contributed by atoms with Crippen LogP contribution in [0.15, 0.2) is 0 Å². The fraction of sp³-hybridized carbons (Fsp3) is 1.00. The lowest BCUT2D eigenvalue weighted by molar-refractivity contribution is -0.931. The number of ether oxygens (including phenoxy) is 1. The van der Waals surface area contributed by atoms with Crippen LogP contribution in [0.1, 0.15) is 104 Å². The maximum absolute atomic E-state index is 11.0. The van der Waals surface area contributed by atoms with Gasteiger partial charge in [-0.25, -0.2) is 0 Å². The summed E-state index contributed by atoms with van der Waals surface area (Å²) in [5.74, 6) is 0. The third kappa shape index (κ3) is 17.7. The van der Waals surface area contributed by atoms with Gasteiger partial charge in [-0.05, 0) is 25.4 Å². The van der Waals surface area contributed by atoms with E-state index < -0.39 is 14.1 Å². The minimum absolute atomic E-state index is 0.281. The molecule has 0 aliphatic carbocycles. The van der Waals surface area contributed by atoms with Crippen LogP contribution in [0.3, 0.4) is 0 Å². The highest BCUT2D eigenvalue weighted by atomic mass is 31.1. The van der Waals surface area contributed by atoms with Crippen molar-refractivity contribution in [2.24, 2.45) is 0 Å². The largest absolute Gasteiger partial charge is 0.802 e. The topological polar surface area (TPSA) is 69.6 Å². The quantitative estimate of drug-likeness (QED) is 0.133. The summed E-state index contributed by atoms with van der Waals surface area (Å²) in [6.07, 6.45) is 15.7. The first-order valence-corrected chi connectivity index (χ1v) is 14.3. The van der Waals surface area contributed by atoms with E-state index in [1.807, 2.05) is 0 Å². The highest BCUT2D eigenvalue weighted by Gasteiger charge is 2.28. The van der Waals surface area contributed by atoms with Gasteiger partial charge in [0.1, 0.15) is 12.6 Å². The molecule has 0 aromatic rings. The van der Waals surface area contributed by atoms with Crippen molar-refractivity contribution in [3.05, 3.63) is 0 Å². The van der Waals surface area contributed by atoms with Crippen LogP contribution in [0.2, 0.25) is 0 Å². The average Bonchev–Trinajstić information content (AvgIpc) is 2.69. The van der Waals surface area contributed by atoms with E-state index in [4.69, 9.17) is 4.74 Å². The van der Waals surface area contributed by atoms with Crippen LogP contribution in [-0.2, 0) is 9.30 Å². The smallest absolute Gasteiger partial charge is 0.126 e. The Balaban J connectivity index is 3.96. The van der Waals surface area contributed by atoms with Crippen molar-refractivity contribution in [2.75, 3.05) is 45.6 Å². The third-order valence-electron chi connectivity index (χ3n) is 5.96. The van der Waals surface area contributed by atoms with E-state index >= 15 is 0 Å². The van der Waals surface area contributed by atoms with Crippen molar-refractivity contribution in [1.29, 1.82) is 0 Å². The van der Waals surface area contributed by atoms with E-state index in [9.17, 15) is 14.6 Å². The minimum Gasteiger partial charge on any atom is -0.802 e. The van der Waals surface area contributed by atoms with Gasteiger partial charge in [0.25, 0.3) is 0 Å². The zero-order valence-electron chi connectivity index (χ0n) is 20.3. The van der Waals surface area contributed by atoms with E-state index in [0.29, 0.717) is 19.6 Å². The lowest BCUT2D eigenvalue weighted by Gasteiger charge is -2.40. The summed E-state index contributed by atoms with van der Waals surface area (Å²) in [4.78, 5) is 11.0. The Morgan fingerprint density at radius 1 is 0.800 bits per heavy atom. The molecule has 0 amide bonds. The highest BCUT2D eigenvalue weighted by molar-refractivity contribution is 7.36. The molecule has 5 nitrogen and oxygen atoms in total. The number of aliphatic hydroxyl groups excluding tert-OH is 1. The fourth-order valence-corrected chi connectivity index (χ4v) is 4.97. The molecule has 0 aromatic carbocycles. The lowest BCUT2D eigenvalue weighted by atomic mass is 10.1. The number of unbranched alkanes of at least 4 members (excludes halogenated alkanes) is 9. The predicted octanol–water partition coefficient (Wildman–Crippen LogP) is 5.15. The molecule has 0 bridgehead atoms. The zero-order valence-corrected chi connectivity index (χ0v) is 21.3. The van der Waals surface area contributed by atoms with Gasteiger partial charge in [-0.15, -0.1) is 0 Å². The van der Waals surface area contributed by atoms with E-state index in [0.717, 1.165) is 50.0 Å². The number of rotatable bonds is 23. The molecule has 0 heterocycles. The molecule has 0 aliphatic rings.